The number of carbonyl (C=O) groups is 1. The molecule has 0 fully saturated rings. The van der Waals surface area contributed by atoms with E-state index in [1.54, 1.807) is 18.2 Å². The maximum Gasteiger partial charge on any atom is 0.162 e. The second-order valence-corrected chi connectivity index (χ2v) is 6.83. The molecule has 1 aromatic carbocycles. The smallest absolute Gasteiger partial charge is 0.162 e. The number of dihydropyridines is 1. The van der Waals surface area contributed by atoms with Crippen LogP contribution >= 0.6 is 0 Å². The summed E-state index contributed by atoms with van der Waals surface area (Å²) >= 11 is 0. The molecule has 0 radical (unpaired) electrons. The zero-order chi connectivity index (χ0) is 18.8. The fourth-order valence-electron chi connectivity index (χ4n) is 3.82. The van der Waals surface area contributed by atoms with Crippen LogP contribution in [0.2, 0.25) is 0 Å². The maximum absolute atomic E-state index is 13.3. The zero-order valence-electron chi connectivity index (χ0n) is 15.0. The third-order valence-corrected chi connectivity index (χ3v) is 5.18. The Morgan fingerprint density at radius 1 is 1.35 bits per heavy atom. The molecule has 0 saturated carbocycles. The lowest BCUT2D eigenvalue weighted by Crippen LogP contribution is -2.34. The van der Waals surface area contributed by atoms with Crippen LogP contribution in [0.3, 0.4) is 0 Å². The van der Waals surface area contributed by atoms with Gasteiger partial charge < -0.3 is 5.32 Å². The van der Waals surface area contributed by atoms with E-state index in [9.17, 15) is 14.4 Å². The van der Waals surface area contributed by atoms with E-state index in [0.29, 0.717) is 24.0 Å². The number of rotatable bonds is 3. The summed E-state index contributed by atoms with van der Waals surface area (Å²) in [5, 5.41) is 12.9. The fourth-order valence-corrected chi connectivity index (χ4v) is 3.82. The SMILES string of the molecule is C=C/C=C(\C)C1CC(=O)C2=C(C1)NC(C)=C(C#N)C2c1ccc(F)cc1. The van der Waals surface area contributed by atoms with Gasteiger partial charge in [0.2, 0.25) is 0 Å². The molecule has 1 N–H and O–H groups in total. The number of ketones is 1. The van der Waals surface area contributed by atoms with Gasteiger partial charge in [-0.1, -0.05) is 36.4 Å². The molecule has 1 aliphatic carbocycles. The molecule has 3 rings (SSSR count). The van der Waals surface area contributed by atoms with E-state index in [0.717, 1.165) is 22.5 Å². The lowest BCUT2D eigenvalue weighted by molar-refractivity contribution is -0.117. The molecule has 3 nitrogen and oxygen atoms in total. The molecule has 0 saturated heterocycles. The summed E-state index contributed by atoms with van der Waals surface area (Å²) in [5.74, 6) is -0.613. The number of nitrogens with zero attached hydrogens (tertiary/aromatic N) is 1. The molecule has 0 amide bonds. The minimum atomic E-state index is -0.436. The van der Waals surface area contributed by atoms with E-state index in [1.807, 2.05) is 19.9 Å². The summed E-state index contributed by atoms with van der Waals surface area (Å²) in [7, 11) is 0. The molecular formula is C22H21FN2O. The monoisotopic (exact) mass is 348 g/mol. The van der Waals surface area contributed by atoms with Crippen LogP contribution in [-0.2, 0) is 4.79 Å². The van der Waals surface area contributed by atoms with E-state index >= 15 is 0 Å². The molecule has 1 aliphatic heterocycles. The van der Waals surface area contributed by atoms with Gasteiger partial charge in [-0.15, -0.1) is 0 Å². The summed E-state index contributed by atoms with van der Waals surface area (Å²) in [4.78, 5) is 13.0. The summed E-state index contributed by atoms with van der Waals surface area (Å²) in [6.07, 6.45) is 4.79. The number of halogens is 1. The molecule has 0 spiro atoms. The third-order valence-electron chi connectivity index (χ3n) is 5.18. The molecule has 0 bridgehead atoms. The lowest BCUT2D eigenvalue weighted by Gasteiger charge is -2.35. The van der Waals surface area contributed by atoms with Gasteiger partial charge in [0, 0.05) is 23.4 Å². The summed E-state index contributed by atoms with van der Waals surface area (Å²) in [6.45, 7) is 7.58. The first kappa shape index (κ1) is 17.9. The summed E-state index contributed by atoms with van der Waals surface area (Å²) in [5.41, 5.74) is 4.66. The van der Waals surface area contributed by atoms with Gasteiger partial charge in [0.15, 0.2) is 5.78 Å². The van der Waals surface area contributed by atoms with E-state index in [2.05, 4.69) is 18.0 Å². The average molecular weight is 348 g/mol. The Morgan fingerprint density at radius 2 is 2.04 bits per heavy atom. The van der Waals surface area contributed by atoms with Crippen molar-refractivity contribution in [2.75, 3.05) is 0 Å². The Labute approximate surface area is 153 Å². The number of nitrogens with one attached hydrogen (secondary N) is 1. The van der Waals surface area contributed by atoms with Crippen LogP contribution in [-0.4, -0.2) is 5.78 Å². The van der Waals surface area contributed by atoms with Crippen molar-refractivity contribution >= 4 is 5.78 Å². The van der Waals surface area contributed by atoms with Crippen LogP contribution in [0.15, 0.2) is 71.1 Å². The van der Waals surface area contributed by atoms with Crippen LogP contribution in [0.4, 0.5) is 4.39 Å². The highest BCUT2D eigenvalue weighted by molar-refractivity contribution is 6.00. The van der Waals surface area contributed by atoms with Gasteiger partial charge in [-0.2, -0.15) is 5.26 Å². The predicted molar refractivity (Wildman–Crippen MR) is 99.3 cm³/mol. The number of hydrogen-bond acceptors (Lipinski definition) is 3. The lowest BCUT2D eigenvalue weighted by atomic mass is 9.72. The first-order chi connectivity index (χ1) is 12.5. The summed E-state index contributed by atoms with van der Waals surface area (Å²) < 4.78 is 13.3. The average Bonchev–Trinajstić information content (AvgIpc) is 2.61. The normalized spacial score (nSPS) is 23.3. The van der Waals surface area contributed by atoms with Crippen molar-refractivity contribution in [1.82, 2.24) is 5.32 Å². The number of Topliss-reactive ketones (excluding diaryl/α,β-unsaturated/α-hetero) is 1. The number of nitriles is 1. The van der Waals surface area contributed by atoms with Crippen LogP contribution < -0.4 is 5.32 Å². The topological polar surface area (TPSA) is 52.9 Å². The van der Waals surface area contributed by atoms with Crippen LogP contribution in [0.5, 0.6) is 0 Å². The van der Waals surface area contributed by atoms with Gasteiger partial charge >= 0.3 is 0 Å². The van der Waals surface area contributed by atoms with Gasteiger partial charge in [0.1, 0.15) is 5.82 Å². The molecule has 2 aliphatic rings. The van der Waals surface area contributed by atoms with Crippen LogP contribution in [0, 0.1) is 23.1 Å². The molecule has 0 aromatic heterocycles. The van der Waals surface area contributed by atoms with Crippen LogP contribution in [0.1, 0.15) is 38.2 Å². The molecular weight excluding hydrogens is 327 g/mol. The number of carbonyl (C=O) groups excluding carboxylic acids is 1. The second kappa shape index (κ2) is 7.13. The quantitative estimate of drug-likeness (QED) is 0.807. The van der Waals surface area contributed by atoms with Gasteiger partial charge in [-0.05, 0) is 43.9 Å². The first-order valence-corrected chi connectivity index (χ1v) is 8.65. The van der Waals surface area contributed by atoms with Gasteiger partial charge in [0.25, 0.3) is 0 Å². The van der Waals surface area contributed by atoms with Crippen molar-refractivity contribution in [3.05, 3.63) is 82.5 Å². The Hall–Kier alpha value is -2.93. The van der Waals surface area contributed by atoms with Crippen molar-refractivity contribution < 1.29 is 9.18 Å². The van der Waals surface area contributed by atoms with Crippen LogP contribution in [0.25, 0.3) is 0 Å². The van der Waals surface area contributed by atoms with Crippen molar-refractivity contribution in [1.29, 1.82) is 5.26 Å². The predicted octanol–water partition coefficient (Wildman–Crippen LogP) is 4.68. The second-order valence-electron chi connectivity index (χ2n) is 6.83. The van der Waals surface area contributed by atoms with E-state index < -0.39 is 5.92 Å². The third kappa shape index (κ3) is 3.13. The Bertz CT molecular complexity index is 897. The van der Waals surface area contributed by atoms with Crippen molar-refractivity contribution in [3.8, 4) is 6.07 Å². The zero-order valence-corrected chi connectivity index (χ0v) is 15.0. The Morgan fingerprint density at radius 3 is 2.65 bits per heavy atom. The van der Waals surface area contributed by atoms with Gasteiger partial charge in [0.05, 0.1) is 17.6 Å². The summed E-state index contributed by atoms with van der Waals surface area (Å²) in [6, 6.07) is 8.29. The molecule has 2 atom stereocenters. The molecule has 2 unspecified atom stereocenters. The molecule has 132 valence electrons. The maximum atomic E-state index is 13.3. The minimum absolute atomic E-state index is 0.0372. The highest BCUT2D eigenvalue weighted by Crippen LogP contribution is 2.44. The van der Waals surface area contributed by atoms with Crippen molar-refractivity contribution in [3.63, 3.8) is 0 Å². The van der Waals surface area contributed by atoms with Crippen molar-refractivity contribution in [2.24, 2.45) is 5.92 Å². The Kier molecular flexibility index (Phi) is 4.90. The standard InChI is InChI=1S/C22H21FN2O/c1-4-5-13(2)16-10-19-22(20(26)11-16)21(18(12-24)14(3)25-19)15-6-8-17(23)9-7-15/h4-9,16,21,25H,1,10-11H2,2-3H3/b13-5+. The van der Waals surface area contributed by atoms with E-state index in [1.165, 1.54) is 12.1 Å². The number of hydrogen-bond donors (Lipinski definition) is 1. The molecule has 1 aromatic rings. The van der Waals surface area contributed by atoms with Gasteiger partial charge in [-0.3, -0.25) is 4.79 Å². The minimum Gasteiger partial charge on any atom is -0.361 e. The highest BCUT2D eigenvalue weighted by atomic mass is 19.1. The highest BCUT2D eigenvalue weighted by Gasteiger charge is 2.38. The first-order valence-electron chi connectivity index (χ1n) is 8.65. The molecule has 1 heterocycles. The Balaban J connectivity index is 2.09. The van der Waals surface area contributed by atoms with E-state index in [4.69, 9.17) is 0 Å². The van der Waals surface area contributed by atoms with E-state index in [-0.39, 0.29) is 17.5 Å². The fraction of sp³-hybridized carbons (Fsp3) is 0.273. The van der Waals surface area contributed by atoms with Gasteiger partial charge in [-0.25, -0.2) is 4.39 Å². The largest absolute Gasteiger partial charge is 0.361 e. The number of benzene rings is 1. The molecule has 4 heteroatoms. The van der Waals surface area contributed by atoms with Crippen molar-refractivity contribution in [2.45, 2.75) is 32.6 Å². The number of allylic oxidation sites excluding steroid dienone is 7. The molecule has 26 heavy (non-hydrogen) atoms.